The van der Waals surface area contributed by atoms with Crippen LogP contribution in [-0.2, 0) is 16.2 Å². The number of Topliss-reactive ketones (excluding diaryl/α,β-unsaturated/α-hetero) is 1. The van der Waals surface area contributed by atoms with Crippen molar-refractivity contribution in [2.75, 3.05) is 0 Å². The highest BCUT2D eigenvalue weighted by molar-refractivity contribution is 6.19. The zero-order chi connectivity index (χ0) is 15.9. The lowest BCUT2D eigenvalue weighted by atomic mass is 10.1. The normalized spacial score (nSPS) is 11.0. The summed E-state index contributed by atoms with van der Waals surface area (Å²) < 4.78 is 5.64. The highest BCUT2D eigenvalue weighted by Crippen LogP contribution is 2.16. The van der Waals surface area contributed by atoms with E-state index in [0.29, 0.717) is 17.9 Å². The number of hydrogen-bond donors (Lipinski definition) is 1. The summed E-state index contributed by atoms with van der Waals surface area (Å²) in [5, 5.41) is 8.96. The van der Waals surface area contributed by atoms with E-state index in [4.69, 9.17) is 9.84 Å². The summed E-state index contributed by atoms with van der Waals surface area (Å²) in [6.07, 6.45) is 1.35. The molecule has 1 N–H and O–H groups in total. The lowest BCUT2D eigenvalue weighted by molar-refractivity contribution is -0.134. The van der Waals surface area contributed by atoms with Crippen molar-refractivity contribution < 1.29 is 19.4 Å². The quantitative estimate of drug-likeness (QED) is 0.504. The van der Waals surface area contributed by atoms with Crippen molar-refractivity contribution in [2.24, 2.45) is 0 Å². The van der Waals surface area contributed by atoms with E-state index in [9.17, 15) is 9.59 Å². The molecular formula is C18H16O4. The van der Waals surface area contributed by atoms with E-state index in [1.54, 1.807) is 24.3 Å². The molecule has 0 aliphatic carbocycles. The fraction of sp³-hybridized carbons (Fsp3) is 0.111. The van der Waals surface area contributed by atoms with Crippen LogP contribution in [0.5, 0.6) is 5.75 Å². The summed E-state index contributed by atoms with van der Waals surface area (Å²) in [5.41, 5.74) is 1.47. The van der Waals surface area contributed by atoms with Crippen molar-refractivity contribution in [3.8, 4) is 5.75 Å². The van der Waals surface area contributed by atoms with Crippen LogP contribution in [0.4, 0.5) is 0 Å². The Balaban J connectivity index is 2.05. The third-order valence-corrected chi connectivity index (χ3v) is 3.05. The number of aliphatic carboxylic acids is 1. The maximum Gasteiger partial charge on any atom is 0.339 e. The van der Waals surface area contributed by atoms with Gasteiger partial charge in [0.25, 0.3) is 0 Å². The van der Waals surface area contributed by atoms with Crippen LogP contribution in [0.1, 0.15) is 18.1 Å². The second kappa shape index (κ2) is 7.22. The summed E-state index contributed by atoms with van der Waals surface area (Å²) >= 11 is 0. The molecule has 4 nitrogen and oxygen atoms in total. The fourth-order valence-corrected chi connectivity index (χ4v) is 1.88. The van der Waals surface area contributed by atoms with E-state index in [0.717, 1.165) is 5.56 Å². The zero-order valence-corrected chi connectivity index (χ0v) is 12.2. The first-order valence-electron chi connectivity index (χ1n) is 6.79. The van der Waals surface area contributed by atoms with E-state index in [2.05, 4.69) is 0 Å². The van der Waals surface area contributed by atoms with Gasteiger partial charge in [-0.2, -0.15) is 0 Å². The minimum absolute atomic E-state index is 0.238. The van der Waals surface area contributed by atoms with Crippen molar-refractivity contribution in [3.63, 3.8) is 0 Å². The molecule has 0 atom stereocenters. The van der Waals surface area contributed by atoms with Crippen molar-refractivity contribution >= 4 is 17.8 Å². The molecule has 0 aromatic heterocycles. The predicted molar refractivity (Wildman–Crippen MR) is 83.5 cm³/mol. The van der Waals surface area contributed by atoms with Crippen LogP contribution in [0, 0.1) is 0 Å². The van der Waals surface area contributed by atoms with Gasteiger partial charge in [-0.3, -0.25) is 4.79 Å². The van der Waals surface area contributed by atoms with Crippen molar-refractivity contribution in [1.29, 1.82) is 0 Å². The molecule has 0 saturated heterocycles. The van der Waals surface area contributed by atoms with E-state index in [1.165, 1.54) is 13.0 Å². The average Bonchev–Trinajstić information content (AvgIpc) is 2.52. The molecule has 2 aromatic carbocycles. The Kier molecular flexibility index (Phi) is 5.09. The molecule has 4 heteroatoms. The van der Waals surface area contributed by atoms with Crippen LogP contribution < -0.4 is 4.74 Å². The van der Waals surface area contributed by atoms with Gasteiger partial charge < -0.3 is 9.84 Å². The molecule has 0 amide bonds. The van der Waals surface area contributed by atoms with Crippen molar-refractivity contribution in [2.45, 2.75) is 13.5 Å². The third kappa shape index (κ3) is 4.31. The molecule has 0 fully saturated rings. The Morgan fingerprint density at radius 1 is 1.05 bits per heavy atom. The van der Waals surface area contributed by atoms with Gasteiger partial charge in [-0.05, 0) is 36.3 Å². The van der Waals surface area contributed by atoms with Crippen LogP contribution in [0.15, 0.2) is 60.2 Å². The number of rotatable bonds is 6. The monoisotopic (exact) mass is 296 g/mol. The highest BCUT2D eigenvalue weighted by atomic mass is 16.5. The average molecular weight is 296 g/mol. The van der Waals surface area contributed by atoms with Crippen LogP contribution in [0.25, 0.3) is 6.08 Å². The minimum atomic E-state index is -1.23. The number of ketones is 1. The van der Waals surface area contributed by atoms with Crippen molar-refractivity contribution in [1.82, 2.24) is 0 Å². The first-order chi connectivity index (χ1) is 10.6. The summed E-state index contributed by atoms with van der Waals surface area (Å²) in [5.74, 6) is -1.02. The molecule has 0 unspecified atom stereocenters. The van der Waals surface area contributed by atoms with Gasteiger partial charge in [0.2, 0.25) is 0 Å². The molecule has 0 spiro atoms. The molecule has 0 aliphatic rings. The molecule has 0 radical (unpaired) electrons. The molecule has 0 bridgehead atoms. The van der Waals surface area contributed by atoms with Gasteiger partial charge in [-0.15, -0.1) is 0 Å². The van der Waals surface area contributed by atoms with Gasteiger partial charge >= 0.3 is 5.97 Å². The predicted octanol–water partition coefficient (Wildman–Crippen LogP) is 3.32. The molecule has 112 valence electrons. The Bertz CT molecular complexity index is 669. The van der Waals surface area contributed by atoms with E-state index < -0.39 is 11.8 Å². The lowest BCUT2D eigenvalue weighted by Crippen LogP contribution is -2.08. The second-order valence-electron chi connectivity index (χ2n) is 4.76. The topological polar surface area (TPSA) is 63.6 Å². The first kappa shape index (κ1) is 15.5. The molecule has 0 heterocycles. The van der Waals surface area contributed by atoms with Gasteiger partial charge in [0.1, 0.15) is 17.9 Å². The van der Waals surface area contributed by atoms with Gasteiger partial charge in [-0.1, -0.05) is 42.5 Å². The van der Waals surface area contributed by atoms with Gasteiger partial charge in [0, 0.05) is 0 Å². The van der Waals surface area contributed by atoms with Gasteiger partial charge in [0.05, 0.1) is 0 Å². The van der Waals surface area contributed by atoms with Crippen LogP contribution in [-0.4, -0.2) is 16.9 Å². The fourth-order valence-electron chi connectivity index (χ4n) is 1.88. The Hall–Kier alpha value is -2.88. The van der Waals surface area contributed by atoms with Crippen LogP contribution in [0.2, 0.25) is 0 Å². The molecule has 2 rings (SSSR count). The Morgan fingerprint density at radius 2 is 1.68 bits per heavy atom. The minimum Gasteiger partial charge on any atom is -0.489 e. The summed E-state index contributed by atoms with van der Waals surface area (Å²) in [7, 11) is 0. The van der Waals surface area contributed by atoms with Gasteiger partial charge in [0.15, 0.2) is 5.78 Å². The highest BCUT2D eigenvalue weighted by Gasteiger charge is 2.12. The third-order valence-electron chi connectivity index (χ3n) is 3.05. The molecule has 2 aromatic rings. The van der Waals surface area contributed by atoms with Crippen molar-refractivity contribution in [3.05, 3.63) is 71.3 Å². The number of carboxylic acid groups (broad SMARTS) is 1. The van der Waals surface area contributed by atoms with Crippen LogP contribution in [0.3, 0.4) is 0 Å². The zero-order valence-electron chi connectivity index (χ0n) is 12.2. The molecule has 0 saturated carbocycles. The first-order valence-corrected chi connectivity index (χ1v) is 6.79. The summed E-state index contributed by atoms with van der Waals surface area (Å²) in [6, 6.07) is 16.7. The maximum absolute atomic E-state index is 11.2. The summed E-state index contributed by atoms with van der Waals surface area (Å²) in [4.78, 5) is 22.2. The standard InChI is InChI=1S/C18H16O4/c1-13(19)17(18(20)21)11-14-7-9-16(10-8-14)22-12-15-5-3-2-4-6-15/h2-11H,12H2,1H3,(H,20,21)/b17-11+. The van der Waals surface area contributed by atoms with E-state index in [1.807, 2.05) is 30.3 Å². The Morgan fingerprint density at radius 3 is 2.23 bits per heavy atom. The SMILES string of the molecule is CC(=O)/C(=C\c1ccc(OCc2ccccc2)cc1)C(=O)O. The number of hydrogen-bond acceptors (Lipinski definition) is 3. The number of ether oxygens (including phenoxy) is 1. The second-order valence-corrected chi connectivity index (χ2v) is 4.76. The molecular weight excluding hydrogens is 280 g/mol. The van der Waals surface area contributed by atoms with Gasteiger partial charge in [-0.25, -0.2) is 4.79 Å². The smallest absolute Gasteiger partial charge is 0.339 e. The Labute approximate surface area is 128 Å². The lowest BCUT2D eigenvalue weighted by Gasteiger charge is -2.06. The number of carbonyl (C=O) groups is 2. The van der Waals surface area contributed by atoms with Crippen LogP contribution >= 0.6 is 0 Å². The number of benzene rings is 2. The molecule has 0 aliphatic heterocycles. The van der Waals surface area contributed by atoms with E-state index in [-0.39, 0.29) is 5.57 Å². The largest absolute Gasteiger partial charge is 0.489 e. The number of carbonyl (C=O) groups excluding carboxylic acids is 1. The molecule has 22 heavy (non-hydrogen) atoms. The van der Waals surface area contributed by atoms with E-state index >= 15 is 0 Å². The summed E-state index contributed by atoms with van der Waals surface area (Å²) in [6.45, 7) is 1.70. The maximum atomic E-state index is 11.2. The number of carboxylic acids is 1.